The van der Waals surface area contributed by atoms with Crippen LogP contribution in [0, 0.1) is 5.82 Å². The van der Waals surface area contributed by atoms with Crippen molar-refractivity contribution in [2.45, 2.75) is 25.3 Å². The molecule has 0 aromatic heterocycles. The molecule has 0 spiro atoms. The van der Waals surface area contributed by atoms with Crippen LogP contribution in [0.5, 0.6) is 0 Å². The van der Waals surface area contributed by atoms with Crippen LogP contribution in [0.25, 0.3) is 0 Å². The summed E-state index contributed by atoms with van der Waals surface area (Å²) in [5.74, 6) is -1.47. The number of anilines is 1. The van der Waals surface area contributed by atoms with Gasteiger partial charge >= 0.3 is 0 Å². The molecule has 6 heteroatoms. The zero-order valence-corrected chi connectivity index (χ0v) is 14.5. The second kappa shape index (κ2) is 8.10. The Morgan fingerprint density at radius 3 is 2.73 bits per heavy atom. The number of nitrogens with zero attached hydrogens (tertiary/aromatic N) is 1. The maximum Gasteiger partial charge on any atom is 0.231 e. The lowest BCUT2D eigenvalue weighted by molar-refractivity contribution is -0.135. The Hall–Kier alpha value is -2.73. The lowest BCUT2D eigenvalue weighted by atomic mass is 9.89. The van der Waals surface area contributed by atoms with Gasteiger partial charge in [-0.1, -0.05) is 36.4 Å². The molecular weight excluding hydrogens is 333 g/mol. The first-order valence-electron chi connectivity index (χ1n) is 8.70. The maximum atomic E-state index is 13.5. The molecule has 0 aliphatic carbocycles. The molecule has 2 amide bonds. The molecule has 1 unspecified atom stereocenters. The summed E-state index contributed by atoms with van der Waals surface area (Å²) in [4.78, 5) is 27.0. The van der Waals surface area contributed by atoms with Crippen molar-refractivity contribution in [1.29, 1.82) is 0 Å². The van der Waals surface area contributed by atoms with Crippen molar-refractivity contribution in [2.75, 3.05) is 18.4 Å². The van der Waals surface area contributed by atoms with Gasteiger partial charge in [-0.25, -0.2) is 4.39 Å². The van der Waals surface area contributed by atoms with Gasteiger partial charge in [0.2, 0.25) is 11.8 Å². The first-order chi connectivity index (χ1) is 12.6. The Morgan fingerprint density at radius 2 is 2.00 bits per heavy atom. The van der Waals surface area contributed by atoms with E-state index in [1.54, 1.807) is 11.0 Å². The molecule has 0 bridgehead atoms. The minimum Gasteiger partial charge on any atom is -0.338 e. The summed E-state index contributed by atoms with van der Waals surface area (Å²) >= 11 is 0. The van der Waals surface area contributed by atoms with Crippen molar-refractivity contribution in [3.8, 4) is 0 Å². The van der Waals surface area contributed by atoms with Gasteiger partial charge in [-0.3, -0.25) is 9.59 Å². The summed E-state index contributed by atoms with van der Waals surface area (Å²) in [5, 5.41) is 2.65. The quantitative estimate of drug-likeness (QED) is 0.836. The maximum absolute atomic E-state index is 13.5. The summed E-state index contributed by atoms with van der Waals surface area (Å²) in [6, 6.07) is 13.8. The molecular formula is C20H22FN3O2. The number of fused-ring (bicyclic) bond motifs is 1. The van der Waals surface area contributed by atoms with E-state index in [1.807, 2.05) is 30.3 Å². The predicted molar refractivity (Wildman–Crippen MR) is 97.9 cm³/mol. The number of halogens is 1. The van der Waals surface area contributed by atoms with E-state index >= 15 is 0 Å². The predicted octanol–water partition coefficient (Wildman–Crippen LogP) is 2.63. The van der Waals surface area contributed by atoms with E-state index in [0.717, 1.165) is 5.56 Å². The Kier molecular flexibility index (Phi) is 5.63. The van der Waals surface area contributed by atoms with Gasteiger partial charge in [0.15, 0.2) is 0 Å². The van der Waals surface area contributed by atoms with Gasteiger partial charge < -0.3 is 16.0 Å². The first-order valence-corrected chi connectivity index (χ1v) is 8.70. The summed E-state index contributed by atoms with van der Waals surface area (Å²) in [6.07, 6.45) is 0.735. The number of hydrogen-bond donors (Lipinski definition) is 2. The molecule has 1 aliphatic heterocycles. The molecule has 26 heavy (non-hydrogen) atoms. The first kappa shape index (κ1) is 18.1. The molecule has 1 atom stereocenters. The summed E-state index contributed by atoms with van der Waals surface area (Å²) in [7, 11) is 0. The van der Waals surface area contributed by atoms with Crippen LogP contribution >= 0.6 is 0 Å². The minimum atomic E-state index is -0.610. The third-order valence-electron chi connectivity index (χ3n) is 4.51. The van der Waals surface area contributed by atoms with E-state index < -0.39 is 11.7 Å². The molecule has 0 saturated heterocycles. The Labute approximate surface area is 152 Å². The third-order valence-corrected chi connectivity index (χ3v) is 4.51. The van der Waals surface area contributed by atoms with Gasteiger partial charge in [-0.2, -0.15) is 0 Å². The third kappa shape index (κ3) is 4.08. The van der Waals surface area contributed by atoms with E-state index in [4.69, 9.17) is 5.73 Å². The number of carbonyl (C=O) groups is 2. The molecule has 2 aromatic carbocycles. The van der Waals surface area contributed by atoms with Crippen molar-refractivity contribution in [2.24, 2.45) is 5.73 Å². The van der Waals surface area contributed by atoms with Crippen molar-refractivity contribution >= 4 is 17.5 Å². The largest absolute Gasteiger partial charge is 0.338 e. The Morgan fingerprint density at radius 1 is 1.23 bits per heavy atom. The van der Waals surface area contributed by atoms with Crippen LogP contribution in [0.1, 0.15) is 29.9 Å². The number of amides is 2. The van der Waals surface area contributed by atoms with E-state index in [0.29, 0.717) is 37.3 Å². The van der Waals surface area contributed by atoms with Crippen LogP contribution in [-0.4, -0.2) is 29.8 Å². The van der Waals surface area contributed by atoms with Gasteiger partial charge in [0.25, 0.3) is 0 Å². The van der Waals surface area contributed by atoms with Crippen molar-refractivity contribution in [3.63, 3.8) is 0 Å². The van der Waals surface area contributed by atoms with Crippen LogP contribution in [0.2, 0.25) is 0 Å². The molecule has 2 aromatic rings. The van der Waals surface area contributed by atoms with E-state index in [9.17, 15) is 14.0 Å². The highest BCUT2D eigenvalue weighted by molar-refractivity contribution is 6.01. The summed E-state index contributed by atoms with van der Waals surface area (Å²) in [6.45, 7) is 1.44. The number of benzene rings is 2. The second-order valence-corrected chi connectivity index (χ2v) is 6.42. The van der Waals surface area contributed by atoms with Crippen LogP contribution in [0.3, 0.4) is 0 Å². The van der Waals surface area contributed by atoms with E-state index in [-0.39, 0.29) is 18.2 Å². The van der Waals surface area contributed by atoms with Gasteiger partial charge in [0.05, 0.1) is 5.92 Å². The topological polar surface area (TPSA) is 75.4 Å². The molecule has 0 fully saturated rings. The lowest BCUT2D eigenvalue weighted by Gasteiger charge is -2.31. The van der Waals surface area contributed by atoms with E-state index in [2.05, 4.69) is 5.32 Å². The number of carbonyl (C=O) groups excluding carboxylic acids is 2. The van der Waals surface area contributed by atoms with Crippen LogP contribution in [-0.2, 0) is 16.1 Å². The molecule has 1 heterocycles. The molecule has 1 aliphatic rings. The average molecular weight is 355 g/mol. The van der Waals surface area contributed by atoms with Gasteiger partial charge in [0.1, 0.15) is 5.82 Å². The summed E-state index contributed by atoms with van der Waals surface area (Å²) in [5.41, 5.74) is 7.66. The van der Waals surface area contributed by atoms with Gasteiger partial charge in [0, 0.05) is 25.2 Å². The number of hydrogen-bond acceptors (Lipinski definition) is 3. The van der Waals surface area contributed by atoms with Crippen LogP contribution in [0.15, 0.2) is 48.5 Å². The number of nitrogens with two attached hydrogens (primary N) is 1. The molecule has 0 radical (unpaired) electrons. The van der Waals surface area contributed by atoms with E-state index in [1.165, 1.54) is 12.1 Å². The zero-order valence-electron chi connectivity index (χ0n) is 14.5. The Balaban J connectivity index is 1.87. The SMILES string of the molecule is NCCCN(Cc1ccccc1)C(=O)C1CC(=O)Nc2cc(F)ccc21. The van der Waals surface area contributed by atoms with Gasteiger partial charge in [-0.15, -0.1) is 0 Å². The highest BCUT2D eigenvalue weighted by Crippen LogP contribution is 2.34. The lowest BCUT2D eigenvalue weighted by Crippen LogP contribution is -2.39. The normalized spacial score (nSPS) is 15.9. The highest BCUT2D eigenvalue weighted by Gasteiger charge is 2.33. The highest BCUT2D eigenvalue weighted by atomic mass is 19.1. The molecule has 136 valence electrons. The minimum absolute atomic E-state index is 0.0609. The zero-order chi connectivity index (χ0) is 18.5. The van der Waals surface area contributed by atoms with Crippen molar-refractivity contribution in [3.05, 3.63) is 65.5 Å². The monoisotopic (exact) mass is 355 g/mol. The van der Waals surface area contributed by atoms with Crippen molar-refractivity contribution in [1.82, 2.24) is 4.90 Å². The average Bonchev–Trinajstić information content (AvgIpc) is 2.64. The number of nitrogens with one attached hydrogen (secondary N) is 1. The Bertz CT molecular complexity index is 795. The summed E-state index contributed by atoms with van der Waals surface area (Å²) < 4.78 is 13.5. The van der Waals surface area contributed by atoms with Crippen molar-refractivity contribution < 1.29 is 14.0 Å². The fraction of sp³-hybridized carbons (Fsp3) is 0.300. The molecule has 3 rings (SSSR count). The van der Waals surface area contributed by atoms with Crippen LogP contribution in [0.4, 0.5) is 10.1 Å². The molecule has 3 N–H and O–H groups in total. The number of rotatable bonds is 6. The van der Waals surface area contributed by atoms with Crippen LogP contribution < -0.4 is 11.1 Å². The molecule has 0 saturated carbocycles. The fourth-order valence-electron chi connectivity index (χ4n) is 3.23. The standard InChI is InChI=1S/C20H22FN3O2/c21-15-7-8-16-17(12-19(25)23-18(16)11-15)20(26)24(10-4-9-22)13-14-5-2-1-3-6-14/h1-3,5-8,11,17H,4,9-10,12-13,22H2,(H,23,25). The van der Waals surface area contributed by atoms with Gasteiger partial charge in [-0.05, 0) is 36.2 Å². The fourth-order valence-corrected chi connectivity index (χ4v) is 3.23. The second-order valence-electron chi connectivity index (χ2n) is 6.42. The molecule has 5 nitrogen and oxygen atoms in total. The smallest absolute Gasteiger partial charge is 0.231 e.